The molecular weight excluding hydrogens is 370 g/mol. The number of methoxy groups -OCH3 is 1. The van der Waals surface area contributed by atoms with Gasteiger partial charge in [0.05, 0.1) is 18.7 Å². The molecule has 6 heteroatoms. The maximum atomic E-state index is 13.3. The molecule has 0 saturated carbocycles. The maximum absolute atomic E-state index is 13.3. The van der Waals surface area contributed by atoms with Crippen LogP contribution in [0.2, 0.25) is 0 Å². The van der Waals surface area contributed by atoms with E-state index in [0.717, 1.165) is 5.39 Å². The molecule has 1 N–H and O–H groups in total. The predicted molar refractivity (Wildman–Crippen MR) is 108 cm³/mol. The van der Waals surface area contributed by atoms with Gasteiger partial charge in [-0.05, 0) is 36.2 Å². The number of aliphatic hydroxyl groups excluding tert-OH is 1. The number of rotatable bonds is 6. The smallest absolute Gasteiger partial charge is 0.290 e. The monoisotopic (exact) mass is 391 g/mol. The van der Waals surface area contributed by atoms with Gasteiger partial charge >= 0.3 is 0 Å². The summed E-state index contributed by atoms with van der Waals surface area (Å²) in [5, 5.41) is 11.4. The summed E-state index contributed by atoms with van der Waals surface area (Å²) in [7, 11) is 1.55. The van der Waals surface area contributed by atoms with Crippen LogP contribution in [0.4, 0.5) is 0 Å². The number of benzene rings is 2. The van der Waals surface area contributed by atoms with Gasteiger partial charge in [0.25, 0.3) is 5.91 Å². The van der Waals surface area contributed by atoms with E-state index in [-0.39, 0.29) is 11.3 Å². The average molecular weight is 391 g/mol. The average Bonchev–Trinajstić information content (AvgIpc) is 3.28. The van der Waals surface area contributed by atoms with Crippen molar-refractivity contribution in [2.75, 3.05) is 13.7 Å². The predicted octanol–water partition coefficient (Wildman–Crippen LogP) is 4.43. The van der Waals surface area contributed by atoms with Gasteiger partial charge in [-0.1, -0.05) is 37.3 Å². The summed E-state index contributed by atoms with van der Waals surface area (Å²) in [6.07, 6.45) is 0.686. The highest BCUT2D eigenvalue weighted by Crippen LogP contribution is 2.40. The van der Waals surface area contributed by atoms with Crippen molar-refractivity contribution in [2.24, 2.45) is 0 Å². The van der Waals surface area contributed by atoms with Gasteiger partial charge in [0.2, 0.25) is 5.78 Å². The second-order valence-electron chi connectivity index (χ2n) is 6.92. The number of para-hydroxylation sites is 1. The van der Waals surface area contributed by atoms with Crippen LogP contribution in [-0.4, -0.2) is 35.4 Å². The second kappa shape index (κ2) is 7.47. The van der Waals surface area contributed by atoms with E-state index in [1.54, 1.807) is 37.4 Å². The zero-order valence-corrected chi connectivity index (χ0v) is 16.2. The number of ketones is 1. The first-order valence-electron chi connectivity index (χ1n) is 9.46. The standard InChI is InChI=1S/C23H21NO5/c1-3-11-24-20(15-8-6-9-16(12-15)28-2)19(22(26)23(24)27)21(25)18-13-14-7-4-5-10-17(14)29-18/h4-10,12-13,20,26H,3,11H2,1-2H3. The number of furan rings is 1. The number of ether oxygens (including phenoxy) is 1. The first-order chi connectivity index (χ1) is 14.0. The zero-order chi connectivity index (χ0) is 20.5. The normalized spacial score (nSPS) is 16.7. The lowest BCUT2D eigenvalue weighted by molar-refractivity contribution is -0.129. The van der Waals surface area contributed by atoms with Crippen LogP contribution in [0.3, 0.4) is 0 Å². The highest BCUT2D eigenvalue weighted by molar-refractivity contribution is 6.16. The Morgan fingerprint density at radius 2 is 1.97 bits per heavy atom. The van der Waals surface area contributed by atoms with E-state index in [2.05, 4.69) is 0 Å². The number of carbonyl (C=O) groups excluding carboxylic acids is 2. The fourth-order valence-electron chi connectivity index (χ4n) is 3.74. The van der Waals surface area contributed by atoms with E-state index in [4.69, 9.17) is 9.15 Å². The Kier molecular flexibility index (Phi) is 4.84. The third-order valence-electron chi connectivity index (χ3n) is 5.07. The molecule has 0 fully saturated rings. The lowest BCUT2D eigenvalue weighted by atomic mass is 9.94. The number of nitrogens with zero attached hydrogens (tertiary/aromatic N) is 1. The molecule has 2 aromatic carbocycles. The zero-order valence-electron chi connectivity index (χ0n) is 16.2. The summed E-state index contributed by atoms with van der Waals surface area (Å²) in [5.74, 6) is -0.894. The molecular formula is C23H21NO5. The van der Waals surface area contributed by atoms with Gasteiger partial charge in [-0.25, -0.2) is 0 Å². The molecule has 6 nitrogen and oxygen atoms in total. The van der Waals surface area contributed by atoms with Gasteiger partial charge in [-0.15, -0.1) is 0 Å². The van der Waals surface area contributed by atoms with Crippen molar-refractivity contribution in [3.8, 4) is 5.75 Å². The van der Waals surface area contributed by atoms with Gasteiger partial charge in [0.1, 0.15) is 11.3 Å². The molecule has 1 amide bonds. The van der Waals surface area contributed by atoms with Gasteiger partial charge in [0, 0.05) is 11.9 Å². The van der Waals surface area contributed by atoms with Crippen LogP contribution in [0.5, 0.6) is 5.75 Å². The van der Waals surface area contributed by atoms with Crippen molar-refractivity contribution < 1.29 is 23.8 Å². The van der Waals surface area contributed by atoms with Crippen molar-refractivity contribution >= 4 is 22.7 Å². The van der Waals surface area contributed by atoms with Crippen LogP contribution in [0.1, 0.15) is 35.5 Å². The van der Waals surface area contributed by atoms with E-state index in [1.807, 2.05) is 31.2 Å². The number of hydrogen-bond acceptors (Lipinski definition) is 5. The van der Waals surface area contributed by atoms with Crippen LogP contribution in [0.25, 0.3) is 11.0 Å². The molecule has 1 atom stereocenters. The van der Waals surface area contributed by atoms with E-state index in [1.165, 1.54) is 4.90 Å². The van der Waals surface area contributed by atoms with E-state index in [0.29, 0.717) is 29.9 Å². The molecule has 2 heterocycles. The highest BCUT2D eigenvalue weighted by atomic mass is 16.5. The lowest BCUT2D eigenvalue weighted by Gasteiger charge is -2.26. The van der Waals surface area contributed by atoms with Gasteiger partial charge < -0.3 is 19.2 Å². The Bertz CT molecular complexity index is 1090. The number of hydrogen-bond donors (Lipinski definition) is 1. The van der Waals surface area contributed by atoms with E-state index >= 15 is 0 Å². The minimum absolute atomic E-state index is 0.0239. The fourth-order valence-corrected chi connectivity index (χ4v) is 3.74. The van der Waals surface area contributed by atoms with Gasteiger partial charge in [0.15, 0.2) is 11.5 Å². The summed E-state index contributed by atoms with van der Waals surface area (Å²) >= 11 is 0. The minimum Gasteiger partial charge on any atom is -0.503 e. The Morgan fingerprint density at radius 3 is 2.69 bits per heavy atom. The SMILES string of the molecule is CCCN1C(=O)C(O)=C(C(=O)c2cc3ccccc3o2)C1c1cccc(OC)c1. The molecule has 0 radical (unpaired) electrons. The number of amides is 1. The summed E-state index contributed by atoms with van der Waals surface area (Å²) in [6, 6.07) is 15.4. The molecule has 1 unspecified atom stereocenters. The molecule has 1 aliphatic heterocycles. The first kappa shape index (κ1) is 18.8. The van der Waals surface area contributed by atoms with Gasteiger partial charge in [-0.3, -0.25) is 9.59 Å². The van der Waals surface area contributed by atoms with Crippen LogP contribution in [-0.2, 0) is 4.79 Å². The van der Waals surface area contributed by atoms with Crippen molar-refractivity contribution in [1.82, 2.24) is 4.90 Å². The third-order valence-corrected chi connectivity index (χ3v) is 5.07. The Morgan fingerprint density at radius 1 is 1.17 bits per heavy atom. The van der Waals surface area contributed by atoms with Crippen molar-refractivity contribution in [2.45, 2.75) is 19.4 Å². The number of aliphatic hydroxyl groups is 1. The van der Waals surface area contributed by atoms with Crippen molar-refractivity contribution in [3.63, 3.8) is 0 Å². The molecule has 0 saturated heterocycles. The third kappa shape index (κ3) is 3.16. The number of fused-ring (bicyclic) bond motifs is 1. The molecule has 4 rings (SSSR count). The van der Waals surface area contributed by atoms with Crippen LogP contribution < -0.4 is 4.74 Å². The van der Waals surface area contributed by atoms with E-state index in [9.17, 15) is 14.7 Å². The quantitative estimate of drug-likeness (QED) is 0.629. The second-order valence-corrected chi connectivity index (χ2v) is 6.92. The summed E-state index contributed by atoms with van der Waals surface area (Å²) in [4.78, 5) is 27.6. The van der Waals surface area contributed by atoms with Crippen LogP contribution >= 0.6 is 0 Å². The number of carbonyl (C=O) groups is 2. The highest BCUT2D eigenvalue weighted by Gasteiger charge is 2.44. The van der Waals surface area contributed by atoms with Crippen LogP contribution in [0, 0.1) is 0 Å². The summed E-state index contributed by atoms with van der Waals surface area (Å²) in [6.45, 7) is 2.34. The Balaban J connectivity index is 1.83. The molecule has 0 aliphatic carbocycles. The molecule has 148 valence electrons. The maximum Gasteiger partial charge on any atom is 0.290 e. The van der Waals surface area contributed by atoms with Gasteiger partial charge in [-0.2, -0.15) is 0 Å². The van der Waals surface area contributed by atoms with Crippen LogP contribution in [0.15, 0.2) is 70.3 Å². The molecule has 0 spiro atoms. The topological polar surface area (TPSA) is 80.0 Å². The Hall–Kier alpha value is -3.54. The minimum atomic E-state index is -0.710. The van der Waals surface area contributed by atoms with Crippen molar-refractivity contribution in [1.29, 1.82) is 0 Å². The van der Waals surface area contributed by atoms with E-state index < -0.39 is 23.5 Å². The molecule has 3 aromatic rings. The largest absolute Gasteiger partial charge is 0.503 e. The first-order valence-corrected chi connectivity index (χ1v) is 9.46. The summed E-state index contributed by atoms with van der Waals surface area (Å²) in [5.41, 5.74) is 1.29. The number of Topliss-reactive ketones (excluding diaryl/α,β-unsaturated/α-hetero) is 1. The lowest BCUT2D eigenvalue weighted by Crippen LogP contribution is -2.31. The van der Waals surface area contributed by atoms with Crippen molar-refractivity contribution in [3.05, 3.63) is 77.3 Å². The molecule has 0 bridgehead atoms. The molecule has 1 aliphatic rings. The molecule has 29 heavy (non-hydrogen) atoms. The summed E-state index contributed by atoms with van der Waals surface area (Å²) < 4.78 is 11.0. The molecule has 1 aromatic heterocycles. The fraction of sp³-hybridized carbons (Fsp3) is 0.217. The Labute approximate surface area is 168 Å².